The van der Waals surface area contributed by atoms with Crippen molar-refractivity contribution in [2.45, 2.75) is 6.36 Å². The number of halogens is 3. The number of morpholine rings is 1. The van der Waals surface area contributed by atoms with E-state index in [1.54, 1.807) is 0 Å². The van der Waals surface area contributed by atoms with E-state index in [1.165, 1.54) is 12.1 Å². The van der Waals surface area contributed by atoms with Gasteiger partial charge in [0, 0.05) is 39.3 Å². The second kappa shape index (κ2) is 8.09. The Morgan fingerprint density at radius 2 is 1.81 bits per heavy atom. The van der Waals surface area contributed by atoms with E-state index >= 15 is 0 Å². The number of anilines is 1. The molecule has 2 fully saturated rings. The Balaban J connectivity index is 1.46. The second-order valence-corrected chi connectivity index (χ2v) is 6.16. The van der Waals surface area contributed by atoms with Gasteiger partial charge in [0.25, 0.3) is 0 Å². The van der Waals surface area contributed by atoms with E-state index in [0.717, 1.165) is 6.20 Å². The highest BCUT2D eigenvalue weighted by Gasteiger charge is 2.31. The number of aromatic nitrogens is 1. The van der Waals surface area contributed by atoms with Crippen molar-refractivity contribution >= 4 is 11.7 Å². The van der Waals surface area contributed by atoms with E-state index in [1.807, 2.05) is 9.80 Å². The standard InChI is InChI=1S/C16H21F3N4O3/c17-16(18,19)26-13-1-2-14(20-11-13)22-5-3-21(4-6-22)12-15(24)23-7-9-25-10-8-23/h1-2,11H,3-10,12H2. The predicted octanol–water partition coefficient (Wildman–Crippen LogP) is 0.961. The molecule has 2 aliphatic rings. The number of rotatable bonds is 4. The number of hydrogen-bond donors (Lipinski definition) is 0. The number of carbonyl (C=O) groups excluding carboxylic acids is 1. The second-order valence-electron chi connectivity index (χ2n) is 6.16. The first-order valence-electron chi connectivity index (χ1n) is 8.45. The Labute approximate surface area is 149 Å². The van der Waals surface area contributed by atoms with Gasteiger partial charge >= 0.3 is 6.36 Å². The minimum Gasteiger partial charge on any atom is -0.404 e. The maximum Gasteiger partial charge on any atom is 0.573 e. The molecule has 1 aromatic heterocycles. The Morgan fingerprint density at radius 1 is 1.12 bits per heavy atom. The summed E-state index contributed by atoms with van der Waals surface area (Å²) in [5.74, 6) is 0.364. The van der Waals surface area contributed by atoms with Gasteiger partial charge < -0.3 is 19.3 Å². The monoisotopic (exact) mass is 374 g/mol. The molecule has 2 aliphatic heterocycles. The maximum atomic E-state index is 12.3. The van der Waals surface area contributed by atoms with E-state index in [9.17, 15) is 18.0 Å². The molecule has 26 heavy (non-hydrogen) atoms. The van der Waals surface area contributed by atoms with Crippen LogP contribution in [-0.2, 0) is 9.53 Å². The summed E-state index contributed by atoms with van der Waals surface area (Å²) in [5.41, 5.74) is 0. The number of nitrogens with zero attached hydrogens (tertiary/aromatic N) is 4. The Kier molecular flexibility index (Phi) is 5.82. The van der Waals surface area contributed by atoms with E-state index in [0.29, 0.717) is 64.8 Å². The summed E-state index contributed by atoms with van der Waals surface area (Å²) in [6, 6.07) is 2.76. The number of amides is 1. The van der Waals surface area contributed by atoms with Crippen molar-refractivity contribution in [1.29, 1.82) is 0 Å². The van der Waals surface area contributed by atoms with Gasteiger partial charge in [-0.1, -0.05) is 0 Å². The van der Waals surface area contributed by atoms with Gasteiger partial charge in [-0.2, -0.15) is 0 Å². The number of hydrogen-bond acceptors (Lipinski definition) is 6. The van der Waals surface area contributed by atoms with Gasteiger partial charge in [-0.15, -0.1) is 13.2 Å². The molecule has 0 unspecified atom stereocenters. The first-order valence-corrected chi connectivity index (χ1v) is 8.45. The van der Waals surface area contributed by atoms with Crippen molar-refractivity contribution < 1.29 is 27.4 Å². The Hall–Kier alpha value is -2.07. The largest absolute Gasteiger partial charge is 0.573 e. The predicted molar refractivity (Wildman–Crippen MR) is 87.0 cm³/mol. The third-order valence-corrected chi connectivity index (χ3v) is 4.37. The van der Waals surface area contributed by atoms with Gasteiger partial charge in [0.2, 0.25) is 5.91 Å². The van der Waals surface area contributed by atoms with Crippen LogP contribution in [0, 0.1) is 0 Å². The van der Waals surface area contributed by atoms with Crippen molar-refractivity contribution in [3.05, 3.63) is 18.3 Å². The van der Waals surface area contributed by atoms with Gasteiger partial charge in [-0.25, -0.2) is 4.98 Å². The van der Waals surface area contributed by atoms with Crippen LogP contribution in [-0.4, -0.2) is 86.1 Å². The molecule has 0 radical (unpaired) electrons. The molecule has 2 saturated heterocycles. The zero-order chi connectivity index (χ0) is 18.6. The molecule has 0 atom stereocenters. The van der Waals surface area contributed by atoms with Crippen molar-refractivity contribution in [2.24, 2.45) is 0 Å². The highest BCUT2D eigenvalue weighted by Crippen LogP contribution is 2.23. The molecular weight excluding hydrogens is 353 g/mol. The molecule has 1 amide bonds. The summed E-state index contributed by atoms with van der Waals surface area (Å²) in [5, 5.41) is 0. The highest BCUT2D eigenvalue weighted by molar-refractivity contribution is 5.78. The van der Waals surface area contributed by atoms with E-state index in [-0.39, 0.29) is 11.7 Å². The summed E-state index contributed by atoms with van der Waals surface area (Å²) in [4.78, 5) is 22.2. The SMILES string of the molecule is O=C(CN1CCN(c2ccc(OC(F)(F)F)cn2)CC1)N1CCOCC1. The molecule has 0 N–H and O–H groups in total. The van der Waals surface area contributed by atoms with Crippen molar-refractivity contribution in [3.63, 3.8) is 0 Å². The molecule has 10 heteroatoms. The lowest BCUT2D eigenvalue weighted by Crippen LogP contribution is -2.51. The lowest BCUT2D eigenvalue weighted by molar-refractivity contribution is -0.274. The van der Waals surface area contributed by atoms with Gasteiger partial charge in [-0.3, -0.25) is 9.69 Å². The third-order valence-electron chi connectivity index (χ3n) is 4.37. The van der Waals surface area contributed by atoms with Crippen LogP contribution < -0.4 is 9.64 Å². The first-order chi connectivity index (χ1) is 12.4. The smallest absolute Gasteiger partial charge is 0.404 e. The molecule has 3 heterocycles. The summed E-state index contributed by atoms with van der Waals surface area (Å²) < 4.78 is 45.6. The van der Waals surface area contributed by atoms with Gasteiger partial charge in [-0.05, 0) is 12.1 Å². The molecule has 0 aliphatic carbocycles. The van der Waals surface area contributed by atoms with Crippen molar-refractivity contribution in [3.8, 4) is 5.75 Å². The quantitative estimate of drug-likeness (QED) is 0.783. The van der Waals surface area contributed by atoms with Crippen LogP contribution in [0.1, 0.15) is 0 Å². The fourth-order valence-electron chi connectivity index (χ4n) is 2.99. The van der Waals surface area contributed by atoms with Crippen molar-refractivity contribution in [1.82, 2.24) is 14.8 Å². The van der Waals surface area contributed by atoms with Crippen LogP contribution >= 0.6 is 0 Å². The van der Waals surface area contributed by atoms with E-state index in [4.69, 9.17) is 4.74 Å². The van der Waals surface area contributed by atoms with Gasteiger partial charge in [0.05, 0.1) is 26.0 Å². The first kappa shape index (κ1) is 18.7. The zero-order valence-electron chi connectivity index (χ0n) is 14.2. The fraction of sp³-hybridized carbons (Fsp3) is 0.625. The van der Waals surface area contributed by atoms with Gasteiger partial charge in [0.1, 0.15) is 11.6 Å². The number of alkyl halides is 3. The van der Waals surface area contributed by atoms with Crippen LogP contribution in [0.25, 0.3) is 0 Å². The summed E-state index contributed by atoms with van der Waals surface area (Å²) in [7, 11) is 0. The van der Waals surface area contributed by atoms with E-state index in [2.05, 4.69) is 14.6 Å². The molecule has 0 aromatic carbocycles. The number of piperazine rings is 1. The zero-order valence-corrected chi connectivity index (χ0v) is 14.2. The summed E-state index contributed by atoms with van der Waals surface area (Å²) in [6.45, 7) is 5.51. The lowest BCUT2D eigenvalue weighted by Gasteiger charge is -2.36. The number of pyridine rings is 1. The molecule has 7 nitrogen and oxygen atoms in total. The normalized spacial score (nSPS) is 19.5. The van der Waals surface area contributed by atoms with Crippen LogP contribution in [0.2, 0.25) is 0 Å². The molecule has 1 aromatic rings. The topological polar surface area (TPSA) is 58.1 Å². The highest BCUT2D eigenvalue weighted by atomic mass is 19.4. The number of ether oxygens (including phenoxy) is 2. The minimum absolute atomic E-state index is 0.105. The Morgan fingerprint density at radius 3 is 2.38 bits per heavy atom. The van der Waals surface area contributed by atoms with Gasteiger partial charge in [0.15, 0.2) is 0 Å². The third kappa shape index (κ3) is 5.21. The van der Waals surface area contributed by atoms with Crippen molar-refractivity contribution in [2.75, 3.05) is 63.9 Å². The lowest BCUT2D eigenvalue weighted by atomic mass is 10.3. The average Bonchev–Trinajstić information content (AvgIpc) is 2.62. The van der Waals surface area contributed by atoms with Crippen LogP contribution in [0.15, 0.2) is 18.3 Å². The molecule has 3 rings (SSSR count). The summed E-state index contributed by atoms with van der Waals surface area (Å²) >= 11 is 0. The van der Waals surface area contributed by atoms with Crippen LogP contribution in [0.5, 0.6) is 5.75 Å². The molecule has 144 valence electrons. The minimum atomic E-state index is -4.72. The van der Waals surface area contributed by atoms with Crippen LogP contribution in [0.3, 0.4) is 0 Å². The maximum absolute atomic E-state index is 12.3. The van der Waals surface area contributed by atoms with E-state index < -0.39 is 6.36 Å². The molecule has 0 saturated carbocycles. The molecular formula is C16H21F3N4O3. The Bertz CT molecular complexity index is 598. The summed E-state index contributed by atoms with van der Waals surface area (Å²) in [6.07, 6.45) is -3.65. The fourth-order valence-corrected chi connectivity index (χ4v) is 2.99. The average molecular weight is 374 g/mol. The van der Waals surface area contributed by atoms with Crippen LogP contribution in [0.4, 0.5) is 19.0 Å². The molecule has 0 spiro atoms. The molecule has 0 bridgehead atoms. The number of carbonyl (C=O) groups is 1.